The van der Waals surface area contributed by atoms with Crippen molar-refractivity contribution in [1.82, 2.24) is 10.6 Å². The number of hydrogen-bond donors (Lipinski definition) is 3. The molecule has 21 heavy (non-hydrogen) atoms. The van der Waals surface area contributed by atoms with E-state index in [2.05, 4.69) is 10.6 Å². The molecule has 1 rings (SSSR count). The van der Waals surface area contributed by atoms with Crippen molar-refractivity contribution in [1.29, 1.82) is 0 Å². The lowest BCUT2D eigenvalue weighted by Gasteiger charge is -2.14. The molecule has 7 heteroatoms. The predicted molar refractivity (Wildman–Crippen MR) is 82.9 cm³/mol. The van der Waals surface area contributed by atoms with Gasteiger partial charge in [0.1, 0.15) is 18.4 Å². The van der Waals surface area contributed by atoms with Crippen molar-refractivity contribution in [2.24, 2.45) is 0 Å². The van der Waals surface area contributed by atoms with Gasteiger partial charge < -0.3 is 20.5 Å². The number of rotatable bonds is 9. The highest BCUT2D eigenvalue weighted by Gasteiger charge is 2.18. The minimum atomic E-state index is -1.03. The Bertz CT molecular complexity index is 442. The van der Waals surface area contributed by atoms with E-state index in [1.54, 1.807) is 0 Å². The second-order valence-corrected chi connectivity index (χ2v) is 5.22. The molecule has 116 valence electrons. The van der Waals surface area contributed by atoms with Crippen LogP contribution < -0.4 is 15.4 Å². The maximum atomic E-state index is 11.6. The third-order valence-electron chi connectivity index (χ3n) is 2.61. The summed E-state index contributed by atoms with van der Waals surface area (Å²) in [6.07, 6.45) is 2.28. The van der Waals surface area contributed by atoms with E-state index in [1.807, 2.05) is 36.6 Å². The molecule has 0 saturated heterocycles. The third-order valence-corrected chi connectivity index (χ3v) is 3.26. The fourth-order valence-corrected chi connectivity index (χ4v) is 2.02. The summed E-state index contributed by atoms with van der Waals surface area (Å²) in [5.41, 5.74) is 0. The Hall–Kier alpha value is -1.89. The van der Waals surface area contributed by atoms with Crippen LogP contribution in [0.4, 0.5) is 4.79 Å². The van der Waals surface area contributed by atoms with Crippen molar-refractivity contribution < 1.29 is 19.4 Å². The molecule has 2 amide bonds. The fourth-order valence-electron chi connectivity index (χ4n) is 1.55. The molecule has 0 aromatic heterocycles. The number of ether oxygens (including phenoxy) is 1. The molecule has 3 N–H and O–H groups in total. The summed E-state index contributed by atoms with van der Waals surface area (Å²) in [7, 11) is 0. The Morgan fingerprint density at radius 1 is 1.33 bits per heavy atom. The number of urea groups is 1. The molecule has 0 spiro atoms. The van der Waals surface area contributed by atoms with Crippen molar-refractivity contribution >= 4 is 23.8 Å². The minimum absolute atomic E-state index is 0.301. The van der Waals surface area contributed by atoms with Crippen LogP contribution in [0.2, 0.25) is 0 Å². The molecule has 0 aliphatic carbocycles. The first-order valence-electron chi connectivity index (χ1n) is 6.57. The Labute approximate surface area is 128 Å². The van der Waals surface area contributed by atoms with Crippen LogP contribution in [0.5, 0.6) is 5.75 Å². The first kappa shape index (κ1) is 17.2. The number of nitrogens with one attached hydrogen (secondary N) is 2. The summed E-state index contributed by atoms with van der Waals surface area (Å²) in [5, 5.41) is 14.0. The van der Waals surface area contributed by atoms with Crippen molar-refractivity contribution in [3.63, 3.8) is 0 Å². The normalized spacial score (nSPS) is 11.5. The first-order chi connectivity index (χ1) is 10.1. The predicted octanol–water partition coefficient (Wildman–Crippen LogP) is 1.57. The van der Waals surface area contributed by atoms with E-state index < -0.39 is 18.0 Å². The van der Waals surface area contributed by atoms with Gasteiger partial charge in [0.25, 0.3) is 0 Å². The average Bonchev–Trinajstić information content (AvgIpc) is 2.48. The number of hydrogen-bond acceptors (Lipinski definition) is 4. The minimum Gasteiger partial charge on any atom is -0.492 e. The van der Waals surface area contributed by atoms with Gasteiger partial charge >= 0.3 is 12.0 Å². The second-order valence-electron chi connectivity index (χ2n) is 4.23. The molecule has 1 aromatic carbocycles. The van der Waals surface area contributed by atoms with Crippen LogP contribution in [0.15, 0.2) is 30.3 Å². The standard InChI is InChI=1S/C14H20N2O4S/c1-21-10-7-12(13(17)18)16-14(19)15-8-9-20-11-5-3-2-4-6-11/h2-6,12H,7-10H2,1H3,(H,17,18)(H2,15,16,19)/t12-/m0/s1. The van der Waals surface area contributed by atoms with E-state index in [-0.39, 0.29) is 0 Å². The van der Waals surface area contributed by atoms with E-state index in [0.29, 0.717) is 25.3 Å². The van der Waals surface area contributed by atoms with Crippen molar-refractivity contribution in [3.05, 3.63) is 30.3 Å². The summed E-state index contributed by atoms with van der Waals surface area (Å²) in [6, 6.07) is 7.88. The van der Waals surface area contributed by atoms with E-state index >= 15 is 0 Å². The highest BCUT2D eigenvalue weighted by atomic mass is 32.2. The molecule has 1 atom stereocenters. The van der Waals surface area contributed by atoms with Crippen LogP contribution in [-0.2, 0) is 4.79 Å². The maximum absolute atomic E-state index is 11.6. The van der Waals surface area contributed by atoms with Gasteiger partial charge in [-0.25, -0.2) is 9.59 Å². The highest BCUT2D eigenvalue weighted by molar-refractivity contribution is 7.98. The molecule has 6 nitrogen and oxygen atoms in total. The van der Waals surface area contributed by atoms with Gasteiger partial charge in [-0.2, -0.15) is 11.8 Å². The summed E-state index contributed by atoms with van der Waals surface area (Å²) in [4.78, 5) is 22.6. The average molecular weight is 312 g/mol. The molecule has 0 fully saturated rings. The van der Waals surface area contributed by atoms with Gasteiger partial charge in [-0.3, -0.25) is 0 Å². The van der Waals surface area contributed by atoms with Crippen molar-refractivity contribution in [3.8, 4) is 5.75 Å². The quantitative estimate of drug-likeness (QED) is 0.603. The summed E-state index contributed by atoms with van der Waals surface area (Å²) in [5.74, 6) is 0.372. The molecule has 0 aliphatic rings. The largest absolute Gasteiger partial charge is 0.492 e. The van der Waals surface area contributed by atoms with Gasteiger partial charge in [0, 0.05) is 0 Å². The van der Waals surface area contributed by atoms with Crippen LogP contribution in [0.1, 0.15) is 6.42 Å². The Balaban J connectivity index is 2.21. The summed E-state index contributed by atoms with van der Waals surface area (Å²) >= 11 is 1.54. The Morgan fingerprint density at radius 3 is 2.67 bits per heavy atom. The second kappa shape index (κ2) is 9.93. The topological polar surface area (TPSA) is 87.7 Å². The monoisotopic (exact) mass is 312 g/mol. The number of carbonyl (C=O) groups is 2. The molecule has 0 bridgehead atoms. The van der Waals surface area contributed by atoms with Gasteiger partial charge in [-0.05, 0) is 30.6 Å². The summed E-state index contributed by atoms with van der Waals surface area (Å²) in [6.45, 7) is 0.621. The van der Waals surface area contributed by atoms with Gasteiger partial charge in [-0.15, -0.1) is 0 Å². The smallest absolute Gasteiger partial charge is 0.326 e. The molecule has 1 aromatic rings. The van der Waals surface area contributed by atoms with Gasteiger partial charge in [0.05, 0.1) is 6.54 Å². The van der Waals surface area contributed by atoms with Crippen LogP contribution in [0, 0.1) is 0 Å². The number of carboxylic acid groups (broad SMARTS) is 1. The number of thioether (sulfide) groups is 1. The highest BCUT2D eigenvalue weighted by Crippen LogP contribution is 2.07. The van der Waals surface area contributed by atoms with Gasteiger partial charge in [0.15, 0.2) is 0 Å². The van der Waals surface area contributed by atoms with Crippen LogP contribution >= 0.6 is 11.8 Å². The van der Waals surface area contributed by atoms with E-state index in [9.17, 15) is 9.59 Å². The lowest BCUT2D eigenvalue weighted by molar-refractivity contribution is -0.139. The number of carboxylic acids is 1. The number of carbonyl (C=O) groups excluding carboxylic acids is 1. The summed E-state index contributed by atoms with van der Waals surface area (Å²) < 4.78 is 5.41. The molecule has 0 unspecified atom stereocenters. The number of benzene rings is 1. The fraction of sp³-hybridized carbons (Fsp3) is 0.429. The Kier molecular flexibility index (Phi) is 8.11. The zero-order valence-electron chi connectivity index (χ0n) is 11.9. The molecule has 0 radical (unpaired) electrons. The maximum Gasteiger partial charge on any atom is 0.326 e. The third kappa shape index (κ3) is 7.45. The lowest BCUT2D eigenvalue weighted by Crippen LogP contribution is -2.47. The van der Waals surface area contributed by atoms with Crippen molar-refractivity contribution in [2.45, 2.75) is 12.5 Å². The zero-order valence-corrected chi connectivity index (χ0v) is 12.7. The van der Waals surface area contributed by atoms with Gasteiger partial charge in [-0.1, -0.05) is 18.2 Å². The van der Waals surface area contributed by atoms with Crippen LogP contribution in [0.25, 0.3) is 0 Å². The lowest BCUT2D eigenvalue weighted by atomic mass is 10.2. The van der Waals surface area contributed by atoms with E-state index in [0.717, 1.165) is 5.75 Å². The van der Waals surface area contributed by atoms with Crippen LogP contribution in [-0.4, -0.2) is 48.3 Å². The molecule has 0 saturated carbocycles. The molecule has 0 heterocycles. The number of amides is 2. The molecular formula is C14H20N2O4S. The zero-order chi connectivity index (χ0) is 15.5. The van der Waals surface area contributed by atoms with Crippen LogP contribution in [0.3, 0.4) is 0 Å². The Morgan fingerprint density at radius 2 is 2.05 bits per heavy atom. The SMILES string of the molecule is CSCC[C@H](NC(=O)NCCOc1ccccc1)C(=O)O. The van der Waals surface area contributed by atoms with E-state index in [1.165, 1.54) is 11.8 Å². The van der Waals surface area contributed by atoms with Gasteiger partial charge in [0.2, 0.25) is 0 Å². The first-order valence-corrected chi connectivity index (χ1v) is 7.97. The molecular weight excluding hydrogens is 292 g/mol. The number of para-hydroxylation sites is 1. The number of aliphatic carboxylic acids is 1. The van der Waals surface area contributed by atoms with Crippen molar-refractivity contribution in [2.75, 3.05) is 25.2 Å². The van der Waals surface area contributed by atoms with E-state index in [4.69, 9.17) is 9.84 Å². The molecule has 0 aliphatic heterocycles.